The highest BCUT2D eigenvalue weighted by atomic mass is 32.2. The molecule has 7 nitrogen and oxygen atoms in total. The summed E-state index contributed by atoms with van der Waals surface area (Å²) in [7, 11) is 1.74. The van der Waals surface area contributed by atoms with E-state index in [-0.39, 0.29) is 24.3 Å². The van der Waals surface area contributed by atoms with E-state index in [0.717, 1.165) is 0 Å². The summed E-state index contributed by atoms with van der Waals surface area (Å²) in [6.45, 7) is 0.180. The third-order valence-electron chi connectivity index (χ3n) is 3.94. The van der Waals surface area contributed by atoms with E-state index in [1.165, 1.54) is 17.8 Å². The molecule has 0 radical (unpaired) electrons. The molecule has 1 aliphatic heterocycles. The molecule has 3 aromatic rings. The van der Waals surface area contributed by atoms with Crippen molar-refractivity contribution in [1.82, 2.24) is 14.8 Å². The fraction of sp³-hybridized carbons (Fsp3) is 0.167. The first-order chi connectivity index (χ1) is 13.1. The Bertz CT molecular complexity index is 1010. The van der Waals surface area contributed by atoms with Crippen molar-refractivity contribution in [2.24, 2.45) is 7.05 Å². The largest absolute Gasteiger partial charge is 0.454 e. The SMILES string of the molecule is Cn1c(SCC(=O)Nc2ccc3c(c2)OCO3)nnc1-c1ccccc1F. The highest BCUT2D eigenvalue weighted by molar-refractivity contribution is 7.99. The summed E-state index contributed by atoms with van der Waals surface area (Å²) in [4.78, 5) is 12.2. The molecular weight excluding hydrogens is 371 g/mol. The summed E-state index contributed by atoms with van der Waals surface area (Å²) < 4.78 is 26.1. The van der Waals surface area contributed by atoms with Crippen LogP contribution >= 0.6 is 11.8 Å². The molecule has 0 saturated carbocycles. The van der Waals surface area contributed by atoms with Gasteiger partial charge in [0.1, 0.15) is 5.82 Å². The van der Waals surface area contributed by atoms with Crippen molar-refractivity contribution in [2.75, 3.05) is 17.9 Å². The molecule has 0 spiro atoms. The standard InChI is InChI=1S/C18H15FN4O3S/c1-23-17(12-4-2-3-5-13(12)19)21-22-18(23)27-9-16(24)20-11-6-7-14-15(8-11)26-10-25-14/h2-8H,9-10H2,1H3,(H,20,24). The number of fused-ring (bicyclic) bond motifs is 1. The molecule has 2 aromatic carbocycles. The zero-order valence-corrected chi connectivity index (χ0v) is 15.1. The van der Waals surface area contributed by atoms with Gasteiger partial charge in [-0.3, -0.25) is 4.79 Å². The van der Waals surface area contributed by atoms with Crippen LogP contribution in [0.5, 0.6) is 11.5 Å². The second-order valence-electron chi connectivity index (χ2n) is 5.75. The Kier molecular flexibility index (Phi) is 4.68. The smallest absolute Gasteiger partial charge is 0.234 e. The average molecular weight is 386 g/mol. The van der Waals surface area contributed by atoms with Gasteiger partial charge in [-0.2, -0.15) is 0 Å². The third-order valence-corrected chi connectivity index (χ3v) is 4.96. The highest BCUT2D eigenvalue weighted by Crippen LogP contribution is 2.34. The number of carbonyl (C=O) groups is 1. The molecule has 4 rings (SSSR count). The van der Waals surface area contributed by atoms with Crippen LogP contribution in [-0.2, 0) is 11.8 Å². The van der Waals surface area contributed by atoms with Gasteiger partial charge in [0.2, 0.25) is 12.7 Å². The van der Waals surface area contributed by atoms with Gasteiger partial charge in [-0.25, -0.2) is 4.39 Å². The number of anilines is 1. The molecule has 0 aliphatic carbocycles. The maximum Gasteiger partial charge on any atom is 0.234 e. The zero-order valence-electron chi connectivity index (χ0n) is 14.3. The van der Waals surface area contributed by atoms with E-state index in [2.05, 4.69) is 15.5 Å². The summed E-state index contributed by atoms with van der Waals surface area (Å²) in [5, 5.41) is 11.4. The predicted molar refractivity (Wildman–Crippen MR) is 98.3 cm³/mol. The number of amides is 1. The maximum absolute atomic E-state index is 13.9. The van der Waals surface area contributed by atoms with Gasteiger partial charge in [-0.1, -0.05) is 23.9 Å². The number of halogens is 1. The normalized spacial score (nSPS) is 12.2. The number of aromatic nitrogens is 3. The van der Waals surface area contributed by atoms with Gasteiger partial charge in [0, 0.05) is 18.8 Å². The Morgan fingerprint density at radius 1 is 1.22 bits per heavy atom. The van der Waals surface area contributed by atoms with Crippen molar-refractivity contribution in [3.05, 3.63) is 48.3 Å². The Morgan fingerprint density at radius 3 is 2.89 bits per heavy atom. The van der Waals surface area contributed by atoms with E-state index in [1.807, 2.05) is 0 Å². The Labute approximate surface area is 158 Å². The lowest BCUT2D eigenvalue weighted by atomic mass is 10.2. The van der Waals surface area contributed by atoms with Crippen molar-refractivity contribution in [1.29, 1.82) is 0 Å². The van der Waals surface area contributed by atoms with Crippen LogP contribution in [0.25, 0.3) is 11.4 Å². The van der Waals surface area contributed by atoms with E-state index >= 15 is 0 Å². The lowest BCUT2D eigenvalue weighted by Crippen LogP contribution is -2.14. The molecule has 0 unspecified atom stereocenters. The van der Waals surface area contributed by atoms with Gasteiger partial charge in [0.15, 0.2) is 22.5 Å². The number of ether oxygens (including phenoxy) is 2. The van der Waals surface area contributed by atoms with Crippen molar-refractivity contribution in [3.63, 3.8) is 0 Å². The Morgan fingerprint density at radius 2 is 2.04 bits per heavy atom. The number of carbonyl (C=O) groups excluding carboxylic acids is 1. The van der Waals surface area contributed by atoms with E-state index in [4.69, 9.17) is 9.47 Å². The number of thioether (sulfide) groups is 1. The van der Waals surface area contributed by atoms with E-state index in [9.17, 15) is 9.18 Å². The minimum Gasteiger partial charge on any atom is -0.454 e. The van der Waals surface area contributed by atoms with Gasteiger partial charge in [-0.05, 0) is 24.3 Å². The van der Waals surface area contributed by atoms with Crippen LogP contribution in [0.15, 0.2) is 47.6 Å². The molecule has 1 amide bonds. The molecule has 27 heavy (non-hydrogen) atoms. The number of nitrogens with one attached hydrogen (secondary N) is 1. The second-order valence-corrected chi connectivity index (χ2v) is 6.69. The monoisotopic (exact) mass is 386 g/mol. The van der Waals surface area contributed by atoms with E-state index < -0.39 is 0 Å². The summed E-state index contributed by atoms with van der Waals surface area (Å²) >= 11 is 1.22. The number of rotatable bonds is 5. The predicted octanol–water partition coefficient (Wildman–Crippen LogP) is 3.08. The number of hydrogen-bond donors (Lipinski definition) is 1. The fourth-order valence-electron chi connectivity index (χ4n) is 2.62. The molecule has 9 heteroatoms. The zero-order chi connectivity index (χ0) is 18.8. The van der Waals surface area contributed by atoms with Crippen molar-refractivity contribution in [3.8, 4) is 22.9 Å². The molecule has 1 aliphatic rings. The molecular formula is C18H15FN4O3S. The first-order valence-corrected chi connectivity index (χ1v) is 9.07. The van der Waals surface area contributed by atoms with E-state index in [1.54, 1.807) is 48.0 Å². The quantitative estimate of drug-likeness (QED) is 0.679. The summed E-state index contributed by atoms with van der Waals surface area (Å²) in [6, 6.07) is 11.6. The molecule has 0 fully saturated rings. The van der Waals surface area contributed by atoms with Crippen LogP contribution in [-0.4, -0.2) is 33.2 Å². The number of hydrogen-bond acceptors (Lipinski definition) is 6. The Hall–Kier alpha value is -3.07. The van der Waals surface area contributed by atoms with Crippen LogP contribution in [0.4, 0.5) is 10.1 Å². The molecule has 0 bridgehead atoms. The van der Waals surface area contributed by atoms with Crippen LogP contribution < -0.4 is 14.8 Å². The third kappa shape index (κ3) is 3.59. The molecule has 2 heterocycles. The van der Waals surface area contributed by atoms with Gasteiger partial charge in [0.25, 0.3) is 0 Å². The minimum absolute atomic E-state index is 0.137. The van der Waals surface area contributed by atoms with Crippen molar-refractivity contribution in [2.45, 2.75) is 5.16 Å². The van der Waals surface area contributed by atoms with Gasteiger partial charge in [0.05, 0.1) is 11.3 Å². The lowest BCUT2D eigenvalue weighted by molar-refractivity contribution is -0.113. The maximum atomic E-state index is 13.9. The van der Waals surface area contributed by atoms with Gasteiger partial charge < -0.3 is 19.4 Å². The first kappa shape index (κ1) is 17.3. The topological polar surface area (TPSA) is 78.3 Å². The van der Waals surface area contributed by atoms with Crippen molar-refractivity contribution >= 4 is 23.4 Å². The molecule has 0 saturated heterocycles. The molecule has 1 N–H and O–H groups in total. The van der Waals surface area contributed by atoms with Gasteiger partial charge in [-0.15, -0.1) is 10.2 Å². The van der Waals surface area contributed by atoms with Crippen LogP contribution in [0.1, 0.15) is 0 Å². The molecule has 1 aromatic heterocycles. The van der Waals surface area contributed by atoms with Crippen molar-refractivity contribution < 1.29 is 18.7 Å². The van der Waals surface area contributed by atoms with Crippen LogP contribution in [0.3, 0.4) is 0 Å². The minimum atomic E-state index is -0.370. The lowest BCUT2D eigenvalue weighted by Gasteiger charge is -2.07. The summed E-state index contributed by atoms with van der Waals surface area (Å²) in [5.74, 6) is 1.23. The molecule has 0 atom stereocenters. The first-order valence-electron chi connectivity index (χ1n) is 8.08. The second kappa shape index (κ2) is 7.28. The van der Waals surface area contributed by atoms with Crippen LogP contribution in [0.2, 0.25) is 0 Å². The molecule has 138 valence electrons. The average Bonchev–Trinajstić information content (AvgIpc) is 3.27. The highest BCUT2D eigenvalue weighted by Gasteiger charge is 2.17. The summed E-state index contributed by atoms with van der Waals surface area (Å²) in [6.07, 6.45) is 0. The van der Waals surface area contributed by atoms with Gasteiger partial charge >= 0.3 is 0 Å². The Balaban J connectivity index is 1.40. The number of nitrogens with zero attached hydrogens (tertiary/aromatic N) is 3. The fourth-order valence-corrected chi connectivity index (χ4v) is 3.33. The summed E-state index contributed by atoms with van der Waals surface area (Å²) in [5.41, 5.74) is 0.985. The van der Waals surface area contributed by atoms with E-state index in [0.29, 0.717) is 33.7 Å². The van der Waals surface area contributed by atoms with Crippen LogP contribution in [0, 0.1) is 5.82 Å². The number of benzene rings is 2.